The summed E-state index contributed by atoms with van der Waals surface area (Å²) in [5.41, 5.74) is 1.69. The zero-order valence-corrected chi connectivity index (χ0v) is 19.6. The van der Waals surface area contributed by atoms with E-state index in [4.69, 9.17) is 13.9 Å². The van der Waals surface area contributed by atoms with E-state index in [1.807, 2.05) is 12.1 Å². The molecular formula is C27H28N2O6. The van der Waals surface area contributed by atoms with Crippen LogP contribution in [-0.2, 0) is 9.47 Å². The number of nitrogens with one attached hydrogen (secondary N) is 1. The van der Waals surface area contributed by atoms with E-state index >= 15 is 0 Å². The van der Waals surface area contributed by atoms with Crippen molar-refractivity contribution < 1.29 is 23.5 Å². The molecule has 1 aliphatic heterocycles. The Balaban J connectivity index is 1.59. The molecule has 4 rings (SSSR count). The first-order chi connectivity index (χ1) is 17.1. The number of methoxy groups -OCH3 is 1. The molecule has 0 saturated carbocycles. The highest BCUT2D eigenvalue weighted by Gasteiger charge is 2.24. The lowest BCUT2D eigenvalue weighted by Crippen LogP contribution is -2.32. The van der Waals surface area contributed by atoms with Crippen LogP contribution in [0.25, 0.3) is 17.0 Å². The number of rotatable bonds is 8. The monoisotopic (exact) mass is 476 g/mol. The summed E-state index contributed by atoms with van der Waals surface area (Å²) in [5, 5.41) is 3.39. The molecule has 2 aromatic carbocycles. The minimum atomic E-state index is -0.645. The number of hydrogen-bond donors (Lipinski definition) is 1. The van der Waals surface area contributed by atoms with Crippen LogP contribution in [0.15, 0.2) is 63.8 Å². The lowest BCUT2D eigenvalue weighted by Gasteiger charge is -2.30. The van der Waals surface area contributed by atoms with Crippen molar-refractivity contribution in [3.63, 3.8) is 0 Å². The third kappa shape index (κ3) is 5.96. The zero-order valence-electron chi connectivity index (χ0n) is 19.6. The van der Waals surface area contributed by atoms with E-state index in [2.05, 4.69) is 10.2 Å². The van der Waals surface area contributed by atoms with Gasteiger partial charge in [0.2, 0.25) is 0 Å². The number of benzene rings is 2. The maximum Gasteiger partial charge on any atom is 0.411 e. The number of amides is 1. The molecule has 35 heavy (non-hydrogen) atoms. The number of anilines is 2. The molecule has 0 aliphatic carbocycles. The smallest absolute Gasteiger partial charge is 0.411 e. The average Bonchev–Trinajstić information content (AvgIpc) is 2.87. The van der Waals surface area contributed by atoms with Gasteiger partial charge in [0, 0.05) is 31.3 Å². The second-order valence-electron chi connectivity index (χ2n) is 8.23. The number of carbonyl (C=O) groups is 2. The lowest BCUT2D eigenvalue weighted by molar-refractivity contribution is 0.104. The largest absolute Gasteiger partial charge is 0.447 e. The van der Waals surface area contributed by atoms with Crippen LogP contribution in [0, 0.1) is 0 Å². The second kappa shape index (κ2) is 11.5. The summed E-state index contributed by atoms with van der Waals surface area (Å²) in [6.07, 6.45) is 5.52. The third-order valence-corrected chi connectivity index (χ3v) is 5.79. The number of fused-ring (bicyclic) bond motifs is 1. The lowest BCUT2D eigenvalue weighted by atomic mass is 10.0. The van der Waals surface area contributed by atoms with E-state index < -0.39 is 17.5 Å². The van der Waals surface area contributed by atoms with Crippen molar-refractivity contribution in [2.45, 2.75) is 19.3 Å². The first kappa shape index (κ1) is 24.2. The predicted molar refractivity (Wildman–Crippen MR) is 135 cm³/mol. The van der Waals surface area contributed by atoms with E-state index in [1.54, 1.807) is 42.5 Å². The Morgan fingerprint density at radius 3 is 2.66 bits per heavy atom. The van der Waals surface area contributed by atoms with Crippen LogP contribution in [0.5, 0.6) is 0 Å². The van der Waals surface area contributed by atoms with Gasteiger partial charge in [0.25, 0.3) is 0 Å². The molecule has 2 heterocycles. The van der Waals surface area contributed by atoms with Crippen molar-refractivity contribution in [1.82, 2.24) is 0 Å². The Bertz CT molecular complexity index is 1290. The predicted octanol–water partition coefficient (Wildman–Crippen LogP) is 4.87. The molecule has 0 radical (unpaired) electrons. The summed E-state index contributed by atoms with van der Waals surface area (Å²) in [7, 11) is 1.52. The van der Waals surface area contributed by atoms with Crippen LogP contribution in [0.4, 0.5) is 16.2 Å². The summed E-state index contributed by atoms with van der Waals surface area (Å²) >= 11 is 0. The molecule has 1 saturated heterocycles. The Hall–Kier alpha value is -3.91. The summed E-state index contributed by atoms with van der Waals surface area (Å²) in [6, 6.07) is 14.3. The fraction of sp³-hybridized carbons (Fsp3) is 0.296. The van der Waals surface area contributed by atoms with Gasteiger partial charge >= 0.3 is 11.7 Å². The van der Waals surface area contributed by atoms with Gasteiger partial charge in [-0.1, -0.05) is 30.3 Å². The number of hydrogen-bond acceptors (Lipinski definition) is 7. The van der Waals surface area contributed by atoms with Crippen LogP contribution < -0.4 is 15.8 Å². The quantitative estimate of drug-likeness (QED) is 0.214. The van der Waals surface area contributed by atoms with E-state index in [-0.39, 0.29) is 12.2 Å². The average molecular weight is 477 g/mol. The number of carbonyl (C=O) groups excluding carboxylic acids is 2. The number of ketones is 1. The van der Waals surface area contributed by atoms with Crippen molar-refractivity contribution in [2.24, 2.45) is 0 Å². The van der Waals surface area contributed by atoms with Crippen LogP contribution in [0.3, 0.4) is 0 Å². The highest BCUT2D eigenvalue weighted by Crippen LogP contribution is 2.31. The highest BCUT2D eigenvalue weighted by molar-refractivity contribution is 6.14. The minimum absolute atomic E-state index is 0.0397. The molecule has 1 aromatic heterocycles. The molecule has 8 nitrogen and oxygen atoms in total. The van der Waals surface area contributed by atoms with Crippen molar-refractivity contribution >= 4 is 40.3 Å². The van der Waals surface area contributed by atoms with Crippen LogP contribution >= 0.6 is 0 Å². The van der Waals surface area contributed by atoms with Crippen molar-refractivity contribution in [2.75, 3.05) is 43.6 Å². The molecule has 0 atom stereocenters. The van der Waals surface area contributed by atoms with Crippen molar-refractivity contribution in [3.05, 3.63) is 76.2 Å². The summed E-state index contributed by atoms with van der Waals surface area (Å²) in [4.78, 5) is 40.2. The number of piperidine rings is 1. The maximum absolute atomic E-state index is 13.3. The Labute approximate surface area is 203 Å². The van der Waals surface area contributed by atoms with E-state index in [0.717, 1.165) is 37.7 Å². The van der Waals surface area contributed by atoms with E-state index in [9.17, 15) is 14.4 Å². The topological polar surface area (TPSA) is 98.1 Å². The molecule has 182 valence electrons. The summed E-state index contributed by atoms with van der Waals surface area (Å²) in [5.74, 6) is -0.428. The summed E-state index contributed by atoms with van der Waals surface area (Å²) in [6.45, 7) is 2.02. The van der Waals surface area contributed by atoms with Gasteiger partial charge in [-0.2, -0.15) is 0 Å². The van der Waals surface area contributed by atoms with Gasteiger partial charge in [-0.25, -0.2) is 9.59 Å². The number of nitrogens with zero attached hydrogens (tertiary/aromatic N) is 1. The Morgan fingerprint density at radius 2 is 1.86 bits per heavy atom. The molecule has 1 N–H and O–H groups in total. The van der Waals surface area contributed by atoms with Crippen LogP contribution in [-0.4, -0.2) is 45.3 Å². The Kier molecular flexibility index (Phi) is 7.95. The molecular weight excluding hydrogens is 448 g/mol. The molecule has 1 aliphatic rings. The molecule has 1 amide bonds. The van der Waals surface area contributed by atoms with E-state index in [1.165, 1.54) is 13.2 Å². The van der Waals surface area contributed by atoms with Gasteiger partial charge in [-0.3, -0.25) is 10.1 Å². The third-order valence-electron chi connectivity index (χ3n) is 5.79. The molecule has 0 bridgehead atoms. The highest BCUT2D eigenvalue weighted by atomic mass is 16.6. The fourth-order valence-electron chi connectivity index (χ4n) is 4.14. The number of para-hydroxylation sites is 1. The first-order valence-corrected chi connectivity index (χ1v) is 11.6. The van der Waals surface area contributed by atoms with Crippen molar-refractivity contribution in [3.8, 4) is 0 Å². The zero-order chi connectivity index (χ0) is 24.6. The van der Waals surface area contributed by atoms with E-state index in [0.29, 0.717) is 29.1 Å². The molecule has 0 unspecified atom stereocenters. The van der Waals surface area contributed by atoms with Gasteiger partial charge in [-0.05, 0) is 55.2 Å². The van der Waals surface area contributed by atoms with Gasteiger partial charge < -0.3 is 18.8 Å². The molecule has 0 spiro atoms. The number of ether oxygens (including phenoxy) is 2. The van der Waals surface area contributed by atoms with Crippen molar-refractivity contribution in [1.29, 1.82) is 0 Å². The van der Waals surface area contributed by atoms with Gasteiger partial charge in [0.05, 0.1) is 12.3 Å². The SMILES string of the molecule is COCCOC(=O)Nc1cccc(C=CC(=O)c2c(N3CCCCC3)c3ccccc3oc2=O)c1. The minimum Gasteiger partial charge on any atom is -0.447 e. The molecule has 1 fully saturated rings. The van der Waals surface area contributed by atoms with Gasteiger partial charge in [0.1, 0.15) is 17.8 Å². The Morgan fingerprint density at radius 1 is 1.06 bits per heavy atom. The summed E-state index contributed by atoms with van der Waals surface area (Å²) < 4.78 is 15.4. The first-order valence-electron chi connectivity index (χ1n) is 11.6. The standard InChI is InChI=1S/C27H28N2O6/c1-33-16-17-34-27(32)28-20-9-7-8-19(18-20)12-13-22(30)24-25(29-14-5-2-6-15-29)21-10-3-4-11-23(21)35-26(24)31/h3-4,7-13,18H,2,5-6,14-17H2,1H3,(H,28,32). The maximum atomic E-state index is 13.3. The second-order valence-corrected chi connectivity index (χ2v) is 8.23. The van der Waals surface area contributed by atoms with Crippen LogP contribution in [0.2, 0.25) is 0 Å². The number of allylic oxidation sites excluding steroid dienone is 1. The van der Waals surface area contributed by atoms with Gasteiger partial charge in [0.15, 0.2) is 5.78 Å². The normalized spacial score (nSPS) is 13.8. The molecule has 8 heteroatoms. The van der Waals surface area contributed by atoms with Gasteiger partial charge in [-0.15, -0.1) is 0 Å². The van der Waals surface area contributed by atoms with Crippen LogP contribution in [0.1, 0.15) is 35.2 Å². The molecule has 3 aromatic rings. The fourth-order valence-corrected chi connectivity index (χ4v) is 4.14.